The molecule has 0 heterocycles. The largest absolute Gasteiger partial charge is 0.414 e. The third-order valence-corrected chi connectivity index (χ3v) is 2.40. The van der Waals surface area contributed by atoms with Crippen molar-refractivity contribution in [1.82, 2.24) is 4.90 Å². The quantitative estimate of drug-likeness (QED) is 0.790. The highest BCUT2D eigenvalue weighted by molar-refractivity contribution is 9.10. The predicted molar refractivity (Wildman–Crippen MR) is 58.9 cm³/mol. The molecule has 0 aliphatic rings. The smallest absolute Gasteiger partial charge is 0.407 e. The molecule has 0 aliphatic carbocycles. The molecule has 0 bridgehead atoms. The average Bonchev–Trinajstić information content (AvgIpc) is 2.11. The predicted octanol–water partition coefficient (Wildman–Crippen LogP) is 3.16. The van der Waals surface area contributed by atoms with Crippen LogP contribution in [-0.4, -0.2) is 25.1 Å². The molecule has 3 nitrogen and oxygen atoms in total. The molecular weight excluding hydrogens is 269 g/mol. The van der Waals surface area contributed by atoms with Crippen molar-refractivity contribution in [2.75, 3.05) is 14.1 Å². The van der Waals surface area contributed by atoms with Gasteiger partial charge in [-0.25, -0.2) is 4.79 Å². The van der Waals surface area contributed by atoms with Crippen LogP contribution in [0.2, 0.25) is 5.02 Å². The summed E-state index contributed by atoms with van der Waals surface area (Å²) in [5, 5.41) is 0.398. The molecule has 0 aliphatic heterocycles. The first-order chi connectivity index (χ1) is 6.52. The van der Waals surface area contributed by atoms with E-state index < -0.39 is 6.09 Å². The Hall–Kier alpha value is -0.740. The van der Waals surface area contributed by atoms with Crippen LogP contribution in [0.5, 0.6) is 5.75 Å². The van der Waals surface area contributed by atoms with Crippen LogP contribution in [0.4, 0.5) is 4.79 Å². The topological polar surface area (TPSA) is 29.5 Å². The van der Waals surface area contributed by atoms with E-state index in [2.05, 4.69) is 15.9 Å². The minimum atomic E-state index is -0.459. The molecule has 0 fully saturated rings. The fourth-order valence-electron chi connectivity index (χ4n) is 0.759. The molecule has 5 heteroatoms. The summed E-state index contributed by atoms with van der Waals surface area (Å²) in [5.41, 5.74) is 0. The molecule has 76 valence electrons. The Morgan fingerprint density at radius 2 is 2.14 bits per heavy atom. The van der Waals surface area contributed by atoms with Crippen LogP contribution in [0.1, 0.15) is 0 Å². The van der Waals surface area contributed by atoms with Gasteiger partial charge in [0.15, 0.2) is 5.75 Å². The van der Waals surface area contributed by atoms with E-state index in [1.54, 1.807) is 32.3 Å². The van der Waals surface area contributed by atoms with E-state index in [1.165, 1.54) is 4.90 Å². The third-order valence-electron chi connectivity index (χ3n) is 1.47. The second-order valence-electron chi connectivity index (χ2n) is 2.81. The molecule has 1 aromatic rings. The van der Waals surface area contributed by atoms with Crippen LogP contribution < -0.4 is 4.74 Å². The maximum Gasteiger partial charge on any atom is 0.414 e. The number of benzene rings is 1. The van der Waals surface area contributed by atoms with Gasteiger partial charge in [0.25, 0.3) is 0 Å². The summed E-state index contributed by atoms with van der Waals surface area (Å²) in [5.74, 6) is 0.341. The Balaban J connectivity index is 2.91. The highest BCUT2D eigenvalue weighted by Crippen LogP contribution is 2.32. The number of nitrogens with zero attached hydrogens (tertiary/aromatic N) is 1. The van der Waals surface area contributed by atoms with Gasteiger partial charge in [0, 0.05) is 14.1 Å². The van der Waals surface area contributed by atoms with E-state index in [1.807, 2.05) is 0 Å². The van der Waals surface area contributed by atoms with Crippen LogP contribution in [-0.2, 0) is 0 Å². The molecule has 0 radical (unpaired) electrons. The van der Waals surface area contributed by atoms with Crippen molar-refractivity contribution in [3.05, 3.63) is 27.7 Å². The van der Waals surface area contributed by atoms with Crippen LogP contribution in [0.3, 0.4) is 0 Å². The van der Waals surface area contributed by atoms with Crippen molar-refractivity contribution in [2.24, 2.45) is 0 Å². The lowest BCUT2D eigenvalue weighted by Gasteiger charge is -2.12. The minimum absolute atomic E-state index is 0.341. The van der Waals surface area contributed by atoms with Crippen LogP contribution >= 0.6 is 27.5 Å². The third kappa shape index (κ3) is 2.62. The van der Waals surface area contributed by atoms with Crippen molar-refractivity contribution < 1.29 is 9.53 Å². The summed E-state index contributed by atoms with van der Waals surface area (Å²) in [6.07, 6.45) is -0.459. The zero-order valence-electron chi connectivity index (χ0n) is 7.75. The standard InChI is InChI=1S/C9H9BrClNO2/c1-12(2)9(13)14-8-6(10)4-3-5-7(8)11/h3-5H,1-2H3. The van der Waals surface area contributed by atoms with E-state index in [9.17, 15) is 4.79 Å². The van der Waals surface area contributed by atoms with Crippen molar-refractivity contribution in [3.8, 4) is 5.75 Å². The lowest BCUT2D eigenvalue weighted by molar-refractivity contribution is 0.171. The average molecular weight is 279 g/mol. The molecular formula is C9H9BrClNO2. The first-order valence-corrected chi connectivity index (χ1v) is 5.02. The van der Waals surface area contributed by atoms with Gasteiger partial charge in [-0.1, -0.05) is 17.7 Å². The van der Waals surface area contributed by atoms with Gasteiger partial charge in [-0.3, -0.25) is 0 Å². The molecule has 0 saturated carbocycles. The van der Waals surface area contributed by atoms with Gasteiger partial charge >= 0.3 is 6.09 Å². The molecule has 0 unspecified atom stereocenters. The van der Waals surface area contributed by atoms with Gasteiger partial charge in [0.2, 0.25) is 0 Å². The summed E-state index contributed by atoms with van der Waals surface area (Å²) in [7, 11) is 3.21. The van der Waals surface area contributed by atoms with E-state index in [-0.39, 0.29) is 0 Å². The van der Waals surface area contributed by atoms with Crippen molar-refractivity contribution in [2.45, 2.75) is 0 Å². The van der Waals surface area contributed by atoms with Crippen molar-refractivity contribution in [1.29, 1.82) is 0 Å². The van der Waals surface area contributed by atoms with Gasteiger partial charge in [0.05, 0.1) is 9.50 Å². The molecule has 0 atom stereocenters. The first-order valence-electron chi connectivity index (χ1n) is 3.85. The lowest BCUT2D eigenvalue weighted by atomic mass is 10.3. The van der Waals surface area contributed by atoms with E-state index >= 15 is 0 Å². The minimum Gasteiger partial charge on any atom is -0.407 e. The number of ether oxygens (including phenoxy) is 1. The Morgan fingerprint density at radius 3 is 2.64 bits per heavy atom. The Bertz CT molecular complexity index is 334. The second kappa shape index (κ2) is 4.66. The van der Waals surface area contributed by atoms with Crippen molar-refractivity contribution >= 4 is 33.6 Å². The van der Waals surface area contributed by atoms with Gasteiger partial charge in [0.1, 0.15) is 0 Å². The van der Waals surface area contributed by atoms with Gasteiger partial charge in [-0.05, 0) is 28.1 Å². The van der Waals surface area contributed by atoms with Crippen LogP contribution in [0.25, 0.3) is 0 Å². The molecule has 0 N–H and O–H groups in total. The van der Waals surface area contributed by atoms with E-state index in [0.29, 0.717) is 15.2 Å². The number of hydrogen-bond donors (Lipinski definition) is 0. The highest BCUT2D eigenvalue weighted by Gasteiger charge is 2.12. The molecule has 0 aromatic heterocycles. The highest BCUT2D eigenvalue weighted by atomic mass is 79.9. The number of hydrogen-bond acceptors (Lipinski definition) is 2. The lowest BCUT2D eigenvalue weighted by Crippen LogP contribution is -2.25. The normalized spacial score (nSPS) is 9.71. The maximum atomic E-state index is 11.2. The number of amides is 1. The van der Waals surface area contributed by atoms with Gasteiger partial charge in [-0.2, -0.15) is 0 Å². The monoisotopic (exact) mass is 277 g/mol. The fraction of sp³-hybridized carbons (Fsp3) is 0.222. The summed E-state index contributed by atoms with van der Waals surface area (Å²) >= 11 is 9.10. The molecule has 1 rings (SSSR count). The first kappa shape index (κ1) is 11.3. The number of rotatable bonds is 1. The SMILES string of the molecule is CN(C)C(=O)Oc1c(Cl)cccc1Br. The summed E-state index contributed by atoms with van der Waals surface area (Å²) in [6.45, 7) is 0. The number of carbonyl (C=O) groups excluding carboxylic acids is 1. The molecule has 0 saturated heterocycles. The summed E-state index contributed by atoms with van der Waals surface area (Å²) < 4.78 is 5.70. The Kier molecular flexibility index (Phi) is 3.77. The number of para-hydroxylation sites is 1. The molecule has 1 amide bonds. The summed E-state index contributed by atoms with van der Waals surface area (Å²) in [6, 6.07) is 5.17. The second-order valence-corrected chi connectivity index (χ2v) is 4.07. The van der Waals surface area contributed by atoms with Gasteiger partial charge in [-0.15, -0.1) is 0 Å². The fourth-order valence-corrected chi connectivity index (χ4v) is 1.53. The Morgan fingerprint density at radius 1 is 1.50 bits per heavy atom. The van der Waals surface area contributed by atoms with Crippen LogP contribution in [0.15, 0.2) is 22.7 Å². The number of carbonyl (C=O) groups is 1. The molecule has 14 heavy (non-hydrogen) atoms. The zero-order chi connectivity index (χ0) is 10.7. The maximum absolute atomic E-state index is 11.2. The van der Waals surface area contributed by atoms with Crippen LogP contribution in [0, 0.1) is 0 Å². The summed E-state index contributed by atoms with van der Waals surface area (Å²) in [4.78, 5) is 12.6. The Labute approximate surface area is 95.7 Å². The van der Waals surface area contributed by atoms with Gasteiger partial charge < -0.3 is 9.64 Å². The molecule has 1 aromatic carbocycles. The number of halogens is 2. The van der Waals surface area contributed by atoms with Crippen molar-refractivity contribution in [3.63, 3.8) is 0 Å². The zero-order valence-corrected chi connectivity index (χ0v) is 10.1. The van der Waals surface area contributed by atoms with E-state index in [0.717, 1.165) is 0 Å². The van der Waals surface area contributed by atoms with E-state index in [4.69, 9.17) is 16.3 Å². The molecule has 0 spiro atoms.